The van der Waals surface area contributed by atoms with Gasteiger partial charge in [0.05, 0.1) is 0 Å². The number of amides is 1. The third kappa shape index (κ3) is 5.36. The molecule has 0 spiro atoms. The third-order valence-corrected chi connectivity index (χ3v) is 3.34. The van der Waals surface area contributed by atoms with Gasteiger partial charge in [-0.3, -0.25) is 4.79 Å². The fraction of sp³-hybridized carbons (Fsp3) is 0.857. The summed E-state index contributed by atoms with van der Waals surface area (Å²) in [7, 11) is 0. The van der Waals surface area contributed by atoms with Crippen LogP contribution in [-0.2, 0) is 9.53 Å². The van der Waals surface area contributed by atoms with Gasteiger partial charge in [-0.1, -0.05) is 31.8 Å². The lowest BCUT2D eigenvalue weighted by atomic mass is 9.77. The van der Waals surface area contributed by atoms with Crippen LogP contribution in [0.1, 0.15) is 52.9 Å². The van der Waals surface area contributed by atoms with Crippen LogP contribution in [0.3, 0.4) is 0 Å². The second-order valence-corrected chi connectivity index (χ2v) is 4.87. The van der Waals surface area contributed by atoms with Crippen molar-refractivity contribution in [2.75, 3.05) is 19.8 Å². The minimum absolute atomic E-state index is 0.00325. The lowest BCUT2D eigenvalue weighted by Crippen LogP contribution is -2.50. The average molecular weight is 287 g/mol. The van der Waals surface area contributed by atoms with Crippen LogP contribution in [0.2, 0.25) is 0 Å². The molecule has 0 rings (SSSR count). The highest BCUT2D eigenvalue weighted by Crippen LogP contribution is 2.30. The summed E-state index contributed by atoms with van der Waals surface area (Å²) in [6, 6.07) is 0. The Labute approximate surface area is 121 Å². The SMILES string of the molecule is CCCC(CCC)(C(=O)NCCCOCC)C(N)=NO. The topological polar surface area (TPSA) is 96.9 Å². The predicted octanol–water partition coefficient (Wildman–Crippen LogP) is 1.86. The summed E-state index contributed by atoms with van der Waals surface area (Å²) in [6.07, 6.45) is 3.50. The van der Waals surface area contributed by atoms with Crippen molar-refractivity contribution in [2.24, 2.45) is 16.3 Å². The number of carbonyl (C=O) groups excluding carboxylic acids is 1. The number of carbonyl (C=O) groups is 1. The van der Waals surface area contributed by atoms with E-state index in [0.29, 0.717) is 32.6 Å². The van der Waals surface area contributed by atoms with Crippen LogP contribution in [0.15, 0.2) is 5.16 Å². The van der Waals surface area contributed by atoms with E-state index in [4.69, 9.17) is 15.7 Å². The molecule has 0 aliphatic heterocycles. The normalized spacial score (nSPS) is 12.4. The van der Waals surface area contributed by atoms with Crippen LogP contribution >= 0.6 is 0 Å². The van der Waals surface area contributed by atoms with Crippen molar-refractivity contribution in [2.45, 2.75) is 52.9 Å². The minimum atomic E-state index is -0.899. The molecule has 6 nitrogen and oxygen atoms in total. The van der Waals surface area contributed by atoms with Gasteiger partial charge in [-0.15, -0.1) is 0 Å². The van der Waals surface area contributed by atoms with E-state index in [2.05, 4.69) is 10.5 Å². The van der Waals surface area contributed by atoms with Crippen LogP contribution in [-0.4, -0.2) is 36.7 Å². The Morgan fingerprint density at radius 1 is 1.30 bits per heavy atom. The van der Waals surface area contributed by atoms with E-state index in [1.54, 1.807) is 0 Å². The molecule has 20 heavy (non-hydrogen) atoms. The number of hydrogen-bond donors (Lipinski definition) is 3. The van der Waals surface area contributed by atoms with Gasteiger partial charge in [0, 0.05) is 19.8 Å². The van der Waals surface area contributed by atoms with Crippen molar-refractivity contribution in [3.63, 3.8) is 0 Å². The Morgan fingerprint density at radius 3 is 2.35 bits per heavy atom. The number of hydrogen-bond acceptors (Lipinski definition) is 4. The molecule has 0 unspecified atom stereocenters. The number of amidine groups is 1. The van der Waals surface area contributed by atoms with E-state index in [9.17, 15) is 4.79 Å². The standard InChI is InChI=1S/C14H29N3O3/c1-4-8-14(9-5-2,12(15)17-19)13(18)16-10-7-11-20-6-3/h19H,4-11H2,1-3H3,(H2,15,17)(H,16,18). The number of oxime groups is 1. The Balaban J connectivity index is 4.70. The summed E-state index contributed by atoms with van der Waals surface area (Å²) in [5.74, 6) is -0.156. The highest BCUT2D eigenvalue weighted by atomic mass is 16.5. The zero-order chi connectivity index (χ0) is 15.4. The molecule has 0 aliphatic carbocycles. The van der Waals surface area contributed by atoms with Crippen LogP contribution in [0.4, 0.5) is 0 Å². The Hall–Kier alpha value is -1.30. The van der Waals surface area contributed by atoms with E-state index < -0.39 is 5.41 Å². The van der Waals surface area contributed by atoms with Crippen LogP contribution in [0, 0.1) is 5.41 Å². The van der Waals surface area contributed by atoms with Gasteiger partial charge in [-0.2, -0.15) is 0 Å². The molecular formula is C14H29N3O3. The molecule has 0 saturated carbocycles. The first-order valence-corrected chi connectivity index (χ1v) is 7.43. The average Bonchev–Trinajstić information content (AvgIpc) is 2.45. The summed E-state index contributed by atoms with van der Waals surface area (Å²) in [5, 5.41) is 14.9. The molecule has 0 fully saturated rings. The largest absolute Gasteiger partial charge is 0.409 e. The van der Waals surface area contributed by atoms with Crippen molar-refractivity contribution < 1.29 is 14.7 Å². The molecule has 0 bridgehead atoms. The summed E-state index contributed by atoms with van der Waals surface area (Å²) in [6.45, 7) is 7.73. The van der Waals surface area contributed by atoms with Gasteiger partial charge in [-0.25, -0.2) is 0 Å². The highest BCUT2D eigenvalue weighted by Gasteiger charge is 2.41. The number of rotatable bonds is 11. The third-order valence-electron chi connectivity index (χ3n) is 3.34. The fourth-order valence-electron chi connectivity index (χ4n) is 2.36. The van der Waals surface area contributed by atoms with Gasteiger partial charge < -0.3 is 21.0 Å². The van der Waals surface area contributed by atoms with Crippen molar-refractivity contribution >= 4 is 11.7 Å². The smallest absolute Gasteiger partial charge is 0.233 e. The van der Waals surface area contributed by atoms with Crippen molar-refractivity contribution in [1.29, 1.82) is 0 Å². The molecule has 0 aromatic carbocycles. The summed E-state index contributed by atoms with van der Waals surface area (Å²) in [4.78, 5) is 12.5. The van der Waals surface area contributed by atoms with Gasteiger partial charge in [0.1, 0.15) is 5.41 Å². The van der Waals surface area contributed by atoms with E-state index in [1.165, 1.54) is 0 Å². The van der Waals surface area contributed by atoms with E-state index in [-0.39, 0.29) is 11.7 Å². The molecule has 0 radical (unpaired) electrons. The zero-order valence-corrected chi connectivity index (χ0v) is 12.9. The van der Waals surface area contributed by atoms with Gasteiger partial charge in [0.2, 0.25) is 5.91 Å². The van der Waals surface area contributed by atoms with Crippen molar-refractivity contribution in [3.8, 4) is 0 Å². The number of ether oxygens (including phenoxy) is 1. The Kier molecular flexibility index (Phi) is 9.80. The highest BCUT2D eigenvalue weighted by molar-refractivity contribution is 6.06. The van der Waals surface area contributed by atoms with Crippen LogP contribution < -0.4 is 11.1 Å². The number of nitrogens with one attached hydrogen (secondary N) is 1. The molecule has 6 heteroatoms. The second kappa shape index (κ2) is 10.5. The molecule has 0 atom stereocenters. The summed E-state index contributed by atoms with van der Waals surface area (Å²) < 4.78 is 5.22. The Morgan fingerprint density at radius 2 is 1.90 bits per heavy atom. The van der Waals surface area contributed by atoms with Crippen molar-refractivity contribution in [1.82, 2.24) is 5.32 Å². The molecule has 0 heterocycles. The lowest BCUT2D eigenvalue weighted by Gasteiger charge is -2.30. The van der Waals surface area contributed by atoms with E-state index in [1.807, 2.05) is 20.8 Å². The molecule has 1 amide bonds. The first-order valence-electron chi connectivity index (χ1n) is 7.43. The first kappa shape index (κ1) is 18.7. The predicted molar refractivity (Wildman–Crippen MR) is 79.8 cm³/mol. The second-order valence-electron chi connectivity index (χ2n) is 4.87. The lowest BCUT2D eigenvalue weighted by molar-refractivity contribution is -0.128. The quantitative estimate of drug-likeness (QED) is 0.178. The molecule has 0 aliphatic rings. The molecule has 0 aromatic heterocycles. The zero-order valence-electron chi connectivity index (χ0n) is 12.9. The van der Waals surface area contributed by atoms with E-state index in [0.717, 1.165) is 19.3 Å². The number of nitrogens with two attached hydrogens (primary N) is 1. The molecule has 0 aromatic rings. The maximum absolute atomic E-state index is 12.5. The summed E-state index contributed by atoms with van der Waals surface area (Å²) >= 11 is 0. The van der Waals surface area contributed by atoms with Gasteiger partial charge >= 0.3 is 0 Å². The van der Waals surface area contributed by atoms with Crippen molar-refractivity contribution in [3.05, 3.63) is 0 Å². The minimum Gasteiger partial charge on any atom is -0.409 e. The monoisotopic (exact) mass is 287 g/mol. The fourth-order valence-corrected chi connectivity index (χ4v) is 2.36. The van der Waals surface area contributed by atoms with Crippen LogP contribution in [0.25, 0.3) is 0 Å². The van der Waals surface area contributed by atoms with Crippen LogP contribution in [0.5, 0.6) is 0 Å². The maximum atomic E-state index is 12.5. The van der Waals surface area contributed by atoms with E-state index >= 15 is 0 Å². The number of nitrogens with zero attached hydrogens (tertiary/aromatic N) is 1. The molecular weight excluding hydrogens is 258 g/mol. The van der Waals surface area contributed by atoms with Gasteiger partial charge in [0.15, 0.2) is 5.84 Å². The molecule has 118 valence electrons. The van der Waals surface area contributed by atoms with Gasteiger partial charge in [0.25, 0.3) is 0 Å². The Bertz CT molecular complexity index is 300. The van der Waals surface area contributed by atoms with Gasteiger partial charge in [-0.05, 0) is 26.2 Å². The molecule has 4 N–H and O–H groups in total. The maximum Gasteiger partial charge on any atom is 0.233 e. The molecule has 0 saturated heterocycles. The summed E-state index contributed by atoms with van der Waals surface area (Å²) in [5.41, 5.74) is 4.89. The first-order chi connectivity index (χ1) is 9.58.